The van der Waals surface area contributed by atoms with Gasteiger partial charge >= 0.3 is 0 Å². The Morgan fingerprint density at radius 3 is 2.07 bits per heavy atom. The maximum Gasteiger partial charge on any atom is 0.260 e. The molecule has 11 heteroatoms. The number of rotatable bonds is 13. The summed E-state index contributed by atoms with van der Waals surface area (Å²) in [7, 11) is -0.589. The first-order valence-corrected chi connectivity index (χ1v) is 17.4. The topological polar surface area (TPSA) is 125 Å². The van der Waals surface area contributed by atoms with E-state index in [9.17, 15) is 22.8 Å². The second-order valence-electron chi connectivity index (χ2n) is 13.5. The van der Waals surface area contributed by atoms with E-state index in [4.69, 9.17) is 0 Å². The summed E-state index contributed by atoms with van der Waals surface area (Å²) in [6, 6.07) is 14.3. The summed E-state index contributed by atoms with van der Waals surface area (Å²) < 4.78 is 28.4. The van der Waals surface area contributed by atoms with Crippen LogP contribution in [0.5, 0.6) is 0 Å². The van der Waals surface area contributed by atoms with E-state index in [1.807, 2.05) is 72.7 Å². The molecule has 9 nitrogen and oxygen atoms in total. The molecule has 3 unspecified atom stereocenters. The molecular formula is C34H49BrN4O5S. The van der Waals surface area contributed by atoms with E-state index in [-0.39, 0.29) is 29.1 Å². The van der Waals surface area contributed by atoms with Crippen molar-refractivity contribution < 1.29 is 22.8 Å². The van der Waals surface area contributed by atoms with E-state index in [0.29, 0.717) is 5.56 Å². The molecule has 248 valence electrons. The van der Waals surface area contributed by atoms with Crippen LogP contribution in [0, 0.1) is 11.3 Å². The number of hydrogen-bond acceptors (Lipinski definition) is 6. The Morgan fingerprint density at radius 2 is 1.56 bits per heavy atom. The molecule has 0 aliphatic carbocycles. The number of sulfonamides is 1. The monoisotopic (exact) mass is 704 g/mol. The molecule has 0 radical (unpaired) electrons. The highest BCUT2D eigenvalue weighted by molar-refractivity contribution is 9.10. The molecule has 0 bridgehead atoms. The first-order valence-electron chi connectivity index (χ1n) is 15.0. The summed E-state index contributed by atoms with van der Waals surface area (Å²) in [5, 5.41) is 6.16. The lowest BCUT2D eigenvalue weighted by molar-refractivity contribution is -0.140. The Hall–Kier alpha value is -3.02. The predicted octanol–water partition coefficient (Wildman–Crippen LogP) is 4.92. The second kappa shape index (κ2) is 15.5. The van der Waals surface area contributed by atoms with Crippen molar-refractivity contribution in [2.45, 2.75) is 84.7 Å². The van der Waals surface area contributed by atoms with Gasteiger partial charge in [-0.1, -0.05) is 113 Å². The number of carbonyl (C=O) groups excluding carboxylic acids is 3. The van der Waals surface area contributed by atoms with Gasteiger partial charge in [0.2, 0.25) is 21.8 Å². The molecule has 0 saturated heterocycles. The minimum Gasteiger partial charge on any atom is -0.342 e. The minimum absolute atomic E-state index is 0.125. The molecule has 2 rings (SSSR count). The van der Waals surface area contributed by atoms with Gasteiger partial charge in [-0.15, -0.1) is 0 Å². The standard InChI is InChI=1S/C34H49BrN4O5S/c1-22(2)27(19-23(3)30(40)38-45(43,44)21-24-15-12-11-13-16-24)39(10)32(42)29(33(4,5)6)37-31(41)28(36-9)34(7,8)25-17-14-18-26(35)20-25/h11-20,22,27-29,36H,21H2,1-10H3,(H,37,41)(H,38,40). The van der Waals surface area contributed by atoms with Crippen molar-refractivity contribution in [1.29, 1.82) is 0 Å². The fourth-order valence-electron chi connectivity index (χ4n) is 5.24. The second-order valence-corrected chi connectivity index (χ2v) is 16.1. The fourth-order valence-corrected chi connectivity index (χ4v) is 6.78. The van der Waals surface area contributed by atoms with E-state index < -0.39 is 44.9 Å². The first kappa shape index (κ1) is 38.2. The molecule has 3 N–H and O–H groups in total. The van der Waals surface area contributed by atoms with Crippen LogP contribution in [-0.2, 0) is 35.6 Å². The van der Waals surface area contributed by atoms with Crippen molar-refractivity contribution in [3.8, 4) is 0 Å². The van der Waals surface area contributed by atoms with E-state index >= 15 is 0 Å². The summed E-state index contributed by atoms with van der Waals surface area (Å²) in [6.07, 6.45) is 1.60. The highest BCUT2D eigenvalue weighted by atomic mass is 79.9. The van der Waals surface area contributed by atoms with Gasteiger partial charge in [0, 0.05) is 22.5 Å². The predicted molar refractivity (Wildman–Crippen MR) is 184 cm³/mol. The Bertz CT molecular complexity index is 1480. The lowest BCUT2D eigenvalue weighted by Crippen LogP contribution is -2.61. The zero-order chi connectivity index (χ0) is 34.3. The Morgan fingerprint density at radius 1 is 0.956 bits per heavy atom. The van der Waals surface area contributed by atoms with Gasteiger partial charge in [0.1, 0.15) is 6.04 Å². The minimum atomic E-state index is -3.94. The number of nitrogens with one attached hydrogen (secondary N) is 3. The Balaban J connectivity index is 2.30. The summed E-state index contributed by atoms with van der Waals surface area (Å²) in [5.41, 5.74) is 0.399. The molecule has 0 aliphatic heterocycles. The van der Waals surface area contributed by atoms with Gasteiger partial charge in [-0.25, -0.2) is 13.1 Å². The third-order valence-electron chi connectivity index (χ3n) is 7.95. The molecule has 0 aliphatic rings. The van der Waals surface area contributed by atoms with Crippen molar-refractivity contribution in [3.05, 3.63) is 81.8 Å². The average molecular weight is 706 g/mol. The van der Waals surface area contributed by atoms with Crippen LogP contribution in [0.15, 0.2) is 70.7 Å². The van der Waals surface area contributed by atoms with Crippen LogP contribution in [0.1, 0.15) is 66.5 Å². The van der Waals surface area contributed by atoms with Gasteiger partial charge in [-0.2, -0.15) is 0 Å². The van der Waals surface area contributed by atoms with Crippen LogP contribution in [0.2, 0.25) is 0 Å². The van der Waals surface area contributed by atoms with Crippen LogP contribution in [0.25, 0.3) is 0 Å². The Kier molecular flexibility index (Phi) is 13.2. The summed E-state index contributed by atoms with van der Waals surface area (Å²) in [6.45, 7) is 14.9. The zero-order valence-electron chi connectivity index (χ0n) is 28.1. The van der Waals surface area contributed by atoms with Crippen molar-refractivity contribution >= 4 is 43.7 Å². The van der Waals surface area contributed by atoms with Crippen molar-refractivity contribution in [2.24, 2.45) is 11.3 Å². The fraction of sp³-hybridized carbons (Fsp3) is 0.500. The van der Waals surface area contributed by atoms with E-state index in [1.165, 1.54) is 11.8 Å². The molecule has 3 atom stereocenters. The van der Waals surface area contributed by atoms with Crippen molar-refractivity contribution in [1.82, 2.24) is 20.3 Å². The zero-order valence-corrected chi connectivity index (χ0v) is 30.5. The maximum absolute atomic E-state index is 14.1. The summed E-state index contributed by atoms with van der Waals surface area (Å²) >= 11 is 3.51. The highest BCUT2D eigenvalue weighted by Crippen LogP contribution is 2.30. The number of nitrogens with zero attached hydrogens (tertiary/aromatic N) is 1. The number of amides is 3. The van der Waals surface area contributed by atoms with E-state index in [1.54, 1.807) is 50.5 Å². The molecule has 0 spiro atoms. The van der Waals surface area contributed by atoms with Crippen LogP contribution < -0.4 is 15.4 Å². The third-order valence-corrected chi connectivity index (χ3v) is 9.65. The molecule has 0 aromatic heterocycles. The van der Waals surface area contributed by atoms with Crippen LogP contribution in [0.4, 0.5) is 0 Å². The molecule has 0 fully saturated rings. The van der Waals surface area contributed by atoms with Gasteiger partial charge in [0.15, 0.2) is 0 Å². The van der Waals surface area contributed by atoms with Crippen LogP contribution >= 0.6 is 15.9 Å². The third kappa shape index (κ3) is 10.5. The Labute approximate surface area is 277 Å². The number of hydrogen-bond donors (Lipinski definition) is 3. The average Bonchev–Trinajstić information content (AvgIpc) is 2.93. The largest absolute Gasteiger partial charge is 0.342 e. The van der Waals surface area contributed by atoms with E-state index in [0.717, 1.165) is 10.0 Å². The lowest BCUT2D eigenvalue weighted by Gasteiger charge is -2.40. The smallest absolute Gasteiger partial charge is 0.260 e. The number of halogens is 1. The maximum atomic E-state index is 14.1. The summed E-state index contributed by atoms with van der Waals surface area (Å²) in [5.74, 6) is -1.87. The van der Waals surface area contributed by atoms with Gasteiger partial charge < -0.3 is 15.5 Å². The molecule has 2 aromatic carbocycles. The molecule has 0 heterocycles. The van der Waals surface area contributed by atoms with Crippen molar-refractivity contribution in [3.63, 3.8) is 0 Å². The van der Waals surface area contributed by atoms with Crippen LogP contribution in [-0.4, -0.2) is 63.3 Å². The van der Waals surface area contributed by atoms with Gasteiger partial charge in [0.05, 0.1) is 17.8 Å². The number of likely N-dealkylation sites (N-methyl/N-ethyl adjacent to an activating group) is 2. The quantitative estimate of drug-likeness (QED) is 0.254. The molecule has 45 heavy (non-hydrogen) atoms. The van der Waals surface area contributed by atoms with E-state index in [2.05, 4.69) is 31.3 Å². The molecule has 2 aromatic rings. The normalized spacial score (nSPS) is 14.8. The molecule has 3 amide bonds. The van der Waals surface area contributed by atoms with Gasteiger partial charge in [0.25, 0.3) is 5.91 Å². The highest BCUT2D eigenvalue weighted by Gasteiger charge is 2.41. The number of carbonyl (C=O) groups is 3. The number of benzene rings is 2. The lowest BCUT2D eigenvalue weighted by atomic mass is 9.76. The van der Waals surface area contributed by atoms with Gasteiger partial charge in [-0.3, -0.25) is 14.4 Å². The van der Waals surface area contributed by atoms with Crippen LogP contribution in [0.3, 0.4) is 0 Å². The first-order chi connectivity index (χ1) is 20.7. The SMILES string of the molecule is CNC(C(=O)NC(C(=O)N(C)C(C=C(C)C(=O)NS(=O)(=O)Cc1ccccc1)C(C)C)C(C)(C)C)C(C)(C)c1cccc(Br)c1. The summed E-state index contributed by atoms with van der Waals surface area (Å²) in [4.78, 5) is 42.4. The molecular weight excluding hydrogens is 656 g/mol. The van der Waals surface area contributed by atoms with Gasteiger partial charge in [-0.05, 0) is 48.6 Å². The van der Waals surface area contributed by atoms with Crippen molar-refractivity contribution in [2.75, 3.05) is 14.1 Å². The molecule has 0 saturated carbocycles.